The van der Waals surface area contributed by atoms with E-state index < -0.39 is 0 Å². The van der Waals surface area contributed by atoms with Crippen molar-refractivity contribution in [3.05, 3.63) is 0 Å². The first-order valence-electron chi connectivity index (χ1n) is 6.29. The molecule has 0 saturated heterocycles. The van der Waals surface area contributed by atoms with Gasteiger partial charge in [-0.25, -0.2) is 0 Å². The highest BCUT2D eigenvalue weighted by atomic mass is 15.0. The highest BCUT2D eigenvalue weighted by Crippen LogP contribution is 2.48. The van der Waals surface area contributed by atoms with E-state index in [1.165, 1.54) is 25.7 Å². The summed E-state index contributed by atoms with van der Waals surface area (Å²) in [7, 11) is 0. The molecule has 14 heavy (non-hydrogen) atoms. The van der Waals surface area contributed by atoms with Crippen molar-refractivity contribution < 1.29 is 0 Å². The third-order valence-corrected chi connectivity index (χ3v) is 4.35. The molecule has 1 heteroatoms. The van der Waals surface area contributed by atoms with Gasteiger partial charge in [-0.1, -0.05) is 33.6 Å². The minimum atomic E-state index is 0.611. The normalized spacial score (nSPS) is 23.6. The first-order chi connectivity index (χ1) is 6.53. The summed E-state index contributed by atoms with van der Waals surface area (Å²) in [5, 5.41) is 3.78. The minimum absolute atomic E-state index is 0.611. The summed E-state index contributed by atoms with van der Waals surface area (Å²) >= 11 is 0. The van der Waals surface area contributed by atoms with Crippen LogP contribution >= 0.6 is 0 Å². The molecule has 0 spiro atoms. The molecule has 1 aliphatic carbocycles. The molecule has 1 saturated carbocycles. The molecule has 0 aromatic heterocycles. The Kier molecular flexibility index (Phi) is 4.00. The van der Waals surface area contributed by atoms with Gasteiger partial charge in [-0.3, -0.25) is 0 Å². The Balaban J connectivity index is 2.35. The molecule has 1 nitrogen and oxygen atoms in total. The van der Waals surface area contributed by atoms with Crippen LogP contribution in [0.3, 0.4) is 0 Å². The van der Waals surface area contributed by atoms with E-state index in [0.717, 1.165) is 5.92 Å². The summed E-state index contributed by atoms with van der Waals surface area (Å²) in [4.78, 5) is 0. The molecule has 1 aliphatic rings. The third kappa shape index (κ3) is 2.73. The molecule has 0 bridgehead atoms. The van der Waals surface area contributed by atoms with E-state index in [2.05, 4.69) is 39.9 Å². The lowest BCUT2D eigenvalue weighted by atomic mass is 9.92. The zero-order valence-corrected chi connectivity index (χ0v) is 10.6. The van der Waals surface area contributed by atoms with E-state index >= 15 is 0 Å². The first kappa shape index (κ1) is 12.0. The van der Waals surface area contributed by atoms with E-state index in [1.54, 1.807) is 0 Å². The Bertz CT molecular complexity index is 168. The van der Waals surface area contributed by atoms with Crippen LogP contribution in [0, 0.1) is 11.3 Å². The van der Waals surface area contributed by atoms with Gasteiger partial charge < -0.3 is 5.32 Å². The van der Waals surface area contributed by atoms with Crippen LogP contribution in [0.1, 0.15) is 60.3 Å². The SMILES string of the molecule is CCC(CC)C(C)NC(C)C1(C)CC1. The van der Waals surface area contributed by atoms with Crippen molar-refractivity contribution in [2.75, 3.05) is 0 Å². The minimum Gasteiger partial charge on any atom is -0.311 e. The Labute approximate surface area is 89.7 Å². The summed E-state index contributed by atoms with van der Waals surface area (Å²) in [6, 6.07) is 1.37. The van der Waals surface area contributed by atoms with Gasteiger partial charge in [0, 0.05) is 12.1 Å². The second-order valence-corrected chi connectivity index (χ2v) is 5.41. The summed E-state index contributed by atoms with van der Waals surface area (Å²) in [6.07, 6.45) is 5.43. The van der Waals surface area contributed by atoms with Crippen LogP contribution in [-0.2, 0) is 0 Å². The maximum atomic E-state index is 3.78. The number of hydrogen-bond acceptors (Lipinski definition) is 1. The monoisotopic (exact) mass is 197 g/mol. The number of nitrogens with one attached hydrogen (secondary N) is 1. The van der Waals surface area contributed by atoms with Gasteiger partial charge in [0.2, 0.25) is 0 Å². The van der Waals surface area contributed by atoms with E-state index in [0.29, 0.717) is 17.5 Å². The van der Waals surface area contributed by atoms with Crippen LogP contribution in [0.2, 0.25) is 0 Å². The Hall–Kier alpha value is -0.0400. The van der Waals surface area contributed by atoms with Crippen molar-refractivity contribution in [2.45, 2.75) is 72.4 Å². The van der Waals surface area contributed by atoms with Gasteiger partial charge in [0.15, 0.2) is 0 Å². The molecule has 0 aromatic carbocycles. The highest BCUT2D eigenvalue weighted by Gasteiger charge is 2.42. The van der Waals surface area contributed by atoms with Crippen molar-refractivity contribution in [3.8, 4) is 0 Å². The Morgan fingerprint density at radius 1 is 1.14 bits per heavy atom. The van der Waals surface area contributed by atoms with E-state index in [4.69, 9.17) is 0 Å². The van der Waals surface area contributed by atoms with Gasteiger partial charge in [-0.15, -0.1) is 0 Å². The molecule has 0 amide bonds. The number of rotatable bonds is 6. The predicted octanol–water partition coefficient (Wildman–Crippen LogP) is 3.59. The molecule has 2 unspecified atom stereocenters. The molecule has 84 valence electrons. The van der Waals surface area contributed by atoms with Gasteiger partial charge in [0.1, 0.15) is 0 Å². The van der Waals surface area contributed by atoms with Crippen LogP contribution in [-0.4, -0.2) is 12.1 Å². The van der Waals surface area contributed by atoms with E-state index in [9.17, 15) is 0 Å². The van der Waals surface area contributed by atoms with Gasteiger partial charge in [0.25, 0.3) is 0 Å². The highest BCUT2D eigenvalue weighted by molar-refractivity contribution is 4.97. The van der Waals surface area contributed by atoms with Crippen molar-refractivity contribution in [3.63, 3.8) is 0 Å². The van der Waals surface area contributed by atoms with Gasteiger partial charge in [0.05, 0.1) is 0 Å². The molecule has 2 atom stereocenters. The van der Waals surface area contributed by atoms with Crippen molar-refractivity contribution in [2.24, 2.45) is 11.3 Å². The van der Waals surface area contributed by atoms with Crippen LogP contribution in [0.25, 0.3) is 0 Å². The second kappa shape index (κ2) is 4.65. The summed E-state index contributed by atoms with van der Waals surface area (Å²) in [5.41, 5.74) is 0.611. The molecule has 0 aromatic rings. The average molecular weight is 197 g/mol. The molecule has 1 fully saturated rings. The van der Waals surface area contributed by atoms with Crippen LogP contribution < -0.4 is 5.32 Å². The Morgan fingerprint density at radius 2 is 1.64 bits per heavy atom. The lowest BCUT2D eigenvalue weighted by Gasteiger charge is -2.29. The number of hydrogen-bond donors (Lipinski definition) is 1. The maximum absolute atomic E-state index is 3.78. The van der Waals surface area contributed by atoms with Crippen LogP contribution in [0.15, 0.2) is 0 Å². The lowest BCUT2D eigenvalue weighted by Crippen LogP contribution is -2.43. The zero-order chi connectivity index (χ0) is 10.8. The molecular formula is C13H27N. The van der Waals surface area contributed by atoms with Crippen molar-refractivity contribution >= 4 is 0 Å². The van der Waals surface area contributed by atoms with Gasteiger partial charge >= 0.3 is 0 Å². The molecule has 0 radical (unpaired) electrons. The van der Waals surface area contributed by atoms with Crippen molar-refractivity contribution in [1.82, 2.24) is 5.32 Å². The standard InChI is InChI=1S/C13H27N/c1-6-12(7-2)10(3)14-11(4)13(5)8-9-13/h10-12,14H,6-9H2,1-5H3. The zero-order valence-electron chi connectivity index (χ0n) is 10.6. The predicted molar refractivity (Wildman–Crippen MR) is 63.5 cm³/mol. The third-order valence-electron chi connectivity index (χ3n) is 4.35. The van der Waals surface area contributed by atoms with E-state index in [1.807, 2.05) is 0 Å². The van der Waals surface area contributed by atoms with Crippen molar-refractivity contribution in [1.29, 1.82) is 0 Å². The van der Waals surface area contributed by atoms with E-state index in [-0.39, 0.29) is 0 Å². The summed E-state index contributed by atoms with van der Waals surface area (Å²) < 4.78 is 0. The lowest BCUT2D eigenvalue weighted by molar-refractivity contribution is 0.279. The maximum Gasteiger partial charge on any atom is 0.00951 e. The Morgan fingerprint density at radius 3 is 2.00 bits per heavy atom. The topological polar surface area (TPSA) is 12.0 Å². The van der Waals surface area contributed by atoms with Gasteiger partial charge in [-0.05, 0) is 38.0 Å². The first-order valence-corrected chi connectivity index (χ1v) is 6.29. The molecule has 0 heterocycles. The van der Waals surface area contributed by atoms with Crippen LogP contribution in [0.4, 0.5) is 0 Å². The quantitative estimate of drug-likeness (QED) is 0.686. The molecule has 1 rings (SSSR count). The summed E-state index contributed by atoms with van der Waals surface area (Å²) in [5.74, 6) is 0.847. The second-order valence-electron chi connectivity index (χ2n) is 5.41. The fraction of sp³-hybridized carbons (Fsp3) is 1.00. The van der Waals surface area contributed by atoms with Crippen LogP contribution in [0.5, 0.6) is 0 Å². The molecule has 0 aliphatic heterocycles. The average Bonchev–Trinajstić information content (AvgIpc) is 2.87. The van der Waals surface area contributed by atoms with Gasteiger partial charge in [-0.2, -0.15) is 0 Å². The molecule has 1 N–H and O–H groups in total. The fourth-order valence-electron chi connectivity index (χ4n) is 2.36. The smallest absolute Gasteiger partial charge is 0.00951 e. The summed E-state index contributed by atoms with van der Waals surface area (Å²) in [6.45, 7) is 11.7. The fourth-order valence-corrected chi connectivity index (χ4v) is 2.36. The largest absolute Gasteiger partial charge is 0.311 e. The molecular weight excluding hydrogens is 170 g/mol.